The number of hydrogen-bond acceptors (Lipinski definition) is 2. The van der Waals surface area contributed by atoms with Crippen molar-refractivity contribution in [2.24, 2.45) is 5.73 Å². The molecule has 1 atom stereocenters. The maximum Gasteiger partial charge on any atom is 0.268 e. The molecule has 0 aliphatic rings. The zero-order chi connectivity index (χ0) is 16.4. The van der Waals surface area contributed by atoms with E-state index in [1.165, 1.54) is 0 Å². The van der Waals surface area contributed by atoms with Gasteiger partial charge in [-0.25, -0.2) is 0 Å². The summed E-state index contributed by atoms with van der Waals surface area (Å²) in [6.45, 7) is 1.89. The van der Waals surface area contributed by atoms with Crippen molar-refractivity contribution >= 4 is 22.7 Å². The van der Waals surface area contributed by atoms with Crippen LogP contribution >= 0.6 is 0 Å². The molecule has 3 aromatic rings. The van der Waals surface area contributed by atoms with Gasteiger partial charge < -0.3 is 16.0 Å². The minimum absolute atomic E-state index is 0.173. The van der Waals surface area contributed by atoms with Crippen LogP contribution in [0.5, 0.6) is 0 Å². The van der Waals surface area contributed by atoms with E-state index in [1.807, 2.05) is 37.3 Å². The van der Waals surface area contributed by atoms with Crippen LogP contribution in [-0.4, -0.2) is 16.8 Å². The van der Waals surface area contributed by atoms with Crippen LogP contribution in [0.4, 0.5) is 0 Å². The van der Waals surface area contributed by atoms with Crippen molar-refractivity contribution in [1.82, 2.24) is 10.3 Å². The Bertz CT molecular complexity index is 832. The van der Waals surface area contributed by atoms with Crippen LogP contribution in [0.2, 0.25) is 0 Å². The highest BCUT2D eigenvalue weighted by atomic mass is 16.2. The summed E-state index contributed by atoms with van der Waals surface area (Å²) in [6.07, 6.45) is 0. The van der Waals surface area contributed by atoms with Gasteiger partial charge in [-0.2, -0.15) is 0 Å². The average Bonchev–Trinajstić information content (AvgIpc) is 2.99. The van der Waals surface area contributed by atoms with Gasteiger partial charge in [-0.3, -0.25) is 9.59 Å². The van der Waals surface area contributed by atoms with E-state index < -0.39 is 5.91 Å². The molecule has 2 aromatic carbocycles. The number of aromatic nitrogens is 1. The van der Waals surface area contributed by atoms with Crippen molar-refractivity contribution < 1.29 is 9.59 Å². The smallest absolute Gasteiger partial charge is 0.268 e. The molecule has 0 saturated heterocycles. The molecule has 1 unspecified atom stereocenters. The summed E-state index contributed by atoms with van der Waals surface area (Å²) in [4.78, 5) is 26.5. The molecular formula is C18H17N3O2. The van der Waals surface area contributed by atoms with Crippen LogP contribution in [0.15, 0.2) is 54.6 Å². The predicted octanol–water partition coefficient (Wildman–Crippen LogP) is 2.76. The highest BCUT2D eigenvalue weighted by Crippen LogP contribution is 2.17. The monoisotopic (exact) mass is 307 g/mol. The Morgan fingerprint density at radius 2 is 1.78 bits per heavy atom. The third-order valence-electron chi connectivity index (χ3n) is 3.82. The highest BCUT2D eigenvalue weighted by molar-refractivity contribution is 5.98. The van der Waals surface area contributed by atoms with E-state index >= 15 is 0 Å². The molecule has 0 aliphatic carbocycles. The zero-order valence-electron chi connectivity index (χ0n) is 12.7. The SMILES string of the molecule is CC(NC(=O)c1cc2ccccc2[nH]1)c1ccc(C(N)=O)cc1. The van der Waals surface area contributed by atoms with Crippen LogP contribution in [0, 0.1) is 0 Å². The fraction of sp³-hybridized carbons (Fsp3) is 0.111. The summed E-state index contributed by atoms with van der Waals surface area (Å²) in [5, 5.41) is 3.93. The Hall–Kier alpha value is -3.08. The number of carbonyl (C=O) groups is 2. The second-order valence-corrected chi connectivity index (χ2v) is 5.45. The molecule has 1 heterocycles. The van der Waals surface area contributed by atoms with Gasteiger partial charge in [-0.1, -0.05) is 30.3 Å². The van der Waals surface area contributed by atoms with Crippen LogP contribution < -0.4 is 11.1 Å². The van der Waals surface area contributed by atoms with Gasteiger partial charge in [-0.05, 0) is 36.8 Å². The summed E-state index contributed by atoms with van der Waals surface area (Å²) in [7, 11) is 0. The lowest BCUT2D eigenvalue weighted by Crippen LogP contribution is -2.27. The van der Waals surface area contributed by atoms with Crippen LogP contribution in [0.25, 0.3) is 10.9 Å². The first-order valence-electron chi connectivity index (χ1n) is 7.33. The third-order valence-corrected chi connectivity index (χ3v) is 3.82. The lowest BCUT2D eigenvalue weighted by atomic mass is 10.1. The molecule has 2 amide bonds. The first-order chi connectivity index (χ1) is 11.0. The fourth-order valence-corrected chi connectivity index (χ4v) is 2.49. The summed E-state index contributed by atoms with van der Waals surface area (Å²) < 4.78 is 0. The molecule has 0 saturated carbocycles. The number of primary amides is 1. The number of nitrogens with one attached hydrogen (secondary N) is 2. The molecular weight excluding hydrogens is 290 g/mol. The Balaban J connectivity index is 1.74. The minimum atomic E-state index is -0.466. The number of para-hydroxylation sites is 1. The molecule has 1 aromatic heterocycles. The van der Waals surface area contributed by atoms with Crippen molar-refractivity contribution in [1.29, 1.82) is 0 Å². The van der Waals surface area contributed by atoms with Crippen molar-refractivity contribution in [2.45, 2.75) is 13.0 Å². The van der Waals surface area contributed by atoms with Crippen LogP contribution in [0.3, 0.4) is 0 Å². The summed E-state index contributed by atoms with van der Waals surface area (Å²) in [5.74, 6) is -0.640. The molecule has 0 radical (unpaired) electrons. The van der Waals surface area contributed by atoms with Crippen molar-refractivity contribution in [3.05, 3.63) is 71.4 Å². The predicted molar refractivity (Wildman–Crippen MR) is 89.1 cm³/mol. The molecule has 3 rings (SSSR count). The Morgan fingerprint density at radius 1 is 1.09 bits per heavy atom. The molecule has 0 spiro atoms. The molecule has 23 heavy (non-hydrogen) atoms. The van der Waals surface area contributed by atoms with Gasteiger partial charge in [0.1, 0.15) is 5.69 Å². The number of benzene rings is 2. The number of fused-ring (bicyclic) bond motifs is 1. The number of nitrogens with two attached hydrogens (primary N) is 1. The first-order valence-corrected chi connectivity index (χ1v) is 7.33. The standard InChI is InChI=1S/C18H17N3O2/c1-11(12-6-8-13(9-7-12)17(19)22)20-18(23)16-10-14-4-2-3-5-15(14)21-16/h2-11,21H,1H3,(H2,19,22)(H,20,23). The quantitative estimate of drug-likeness (QED) is 0.692. The van der Waals surface area contributed by atoms with E-state index in [9.17, 15) is 9.59 Å². The van der Waals surface area contributed by atoms with Crippen LogP contribution in [0.1, 0.15) is 39.4 Å². The van der Waals surface area contributed by atoms with Crippen molar-refractivity contribution in [3.8, 4) is 0 Å². The summed E-state index contributed by atoms with van der Waals surface area (Å²) in [6, 6.07) is 16.3. The molecule has 0 fully saturated rings. The number of hydrogen-bond donors (Lipinski definition) is 3. The molecule has 0 aliphatic heterocycles. The number of carbonyl (C=O) groups excluding carboxylic acids is 2. The fourth-order valence-electron chi connectivity index (χ4n) is 2.49. The molecule has 0 bridgehead atoms. The topological polar surface area (TPSA) is 88.0 Å². The zero-order valence-corrected chi connectivity index (χ0v) is 12.7. The largest absolute Gasteiger partial charge is 0.366 e. The normalized spacial score (nSPS) is 12.0. The number of amides is 2. The highest BCUT2D eigenvalue weighted by Gasteiger charge is 2.14. The average molecular weight is 307 g/mol. The van der Waals surface area contributed by atoms with Gasteiger partial charge in [0.15, 0.2) is 0 Å². The van der Waals surface area contributed by atoms with Gasteiger partial charge >= 0.3 is 0 Å². The van der Waals surface area contributed by atoms with Gasteiger partial charge in [0, 0.05) is 16.5 Å². The molecule has 5 heteroatoms. The molecule has 4 N–H and O–H groups in total. The van der Waals surface area contributed by atoms with E-state index in [2.05, 4.69) is 10.3 Å². The lowest BCUT2D eigenvalue weighted by molar-refractivity contribution is 0.0934. The lowest BCUT2D eigenvalue weighted by Gasteiger charge is -2.14. The number of H-pyrrole nitrogens is 1. The maximum absolute atomic E-state index is 12.4. The number of aromatic amines is 1. The maximum atomic E-state index is 12.4. The summed E-state index contributed by atoms with van der Waals surface area (Å²) in [5.41, 5.74) is 8.02. The summed E-state index contributed by atoms with van der Waals surface area (Å²) >= 11 is 0. The van der Waals surface area contributed by atoms with Crippen LogP contribution in [-0.2, 0) is 0 Å². The van der Waals surface area contributed by atoms with E-state index in [0.717, 1.165) is 16.5 Å². The molecule has 116 valence electrons. The first kappa shape index (κ1) is 14.8. The second kappa shape index (κ2) is 5.96. The third kappa shape index (κ3) is 3.08. The second-order valence-electron chi connectivity index (χ2n) is 5.45. The van der Waals surface area contributed by atoms with Gasteiger partial charge in [-0.15, -0.1) is 0 Å². The van der Waals surface area contributed by atoms with E-state index in [4.69, 9.17) is 5.73 Å². The minimum Gasteiger partial charge on any atom is -0.366 e. The van der Waals surface area contributed by atoms with Gasteiger partial charge in [0.25, 0.3) is 5.91 Å². The Morgan fingerprint density at radius 3 is 2.43 bits per heavy atom. The van der Waals surface area contributed by atoms with E-state index in [-0.39, 0.29) is 11.9 Å². The van der Waals surface area contributed by atoms with E-state index in [0.29, 0.717) is 11.3 Å². The van der Waals surface area contributed by atoms with Crippen molar-refractivity contribution in [3.63, 3.8) is 0 Å². The molecule has 5 nitrogen and oxygen atoms in total. The number of rotatable bonds is 4. The van der Waals surface area contributed by atoms with Gasteiger partial charge in [0.05, 0.1) is 6.04 Å². The van der Waals surface area contributed by atoms with Crippen molar-refractivity contribution in [2.75, 3.05) is 0 Å². The Kier molecular flexibility index (Phi) is 3.85. The van der Waals surface area contributed by atoms with E-state index in [1.54, 1.807) is 24.3 Å². The van der Waals surface area contributed by atoms with Gasteiger partial charge in [0.2, 0.25) is 5.91 Å². The Labute approximate surface area is 133 Å².